The first-order chi connectivity index (χ1) is 9.40. The molecule has 1 heterocycles. The number of benzene rings is 1. The van der Waals surface area contributed by atoms with Crippen LogP contribution >= 0.6 is 11.3 Å². The molecular formula is C15H21NO2S. The third-order valence-electron chi connectivity index (χ3n) is 2.99. The van der Waals surface area contributed by atoms with Crippen molar-refractivity contribution in [3.63, 3.8) is 0 Å². The number of thiophene rings is 1. The summed E-state index contributed by atoms with van der Waals surface area (Å²) in [5.74, 6) is 0. The van der Waals surface area contributed by atoms with Gasteiger partial charge in [-0.2, -0.15) is 0 Å². The van der Waals surface area contributed by atoms with Crippen molar-refractivity contribution in [2.75, 3.05) is 32.9 Å². The first kappa shape index (κ1) is 14.5. The van der Waals surface area contributed by atoms with Gasteiger partial charge in [0.2, 0.25) is 0 Å². The molecule has 0 atom stereocenters. The van der Waals surface area contributed by atoms with Gasteiger partial charge in [0.05, 0.1) is 13.2 Å². The molecule has 2 rings (SSSR count). The second kappa shape index (κ2) is 8.27. The van der Waals surface area contributed by atoms with E-state index in [1.165, 1.54) is 15.6 Å². The minimum absolute atomic E-state index is 0.249. The molecule has 2 N–H and O–H groups in total. The van der Waals surface area contributed by atoms with Gasteiger partial charge in [-0.05, 0) is 47.8 Å². The van der Waals surface area contributed by atoms with Crippen LogP contribution in [0.2, 0.25) is 0 Å². The molecule has 0 saturated carbocycles. The van der Waals surface area contributed by atoms with Crippen LogP contribution in [0.3, 0.4) is 0 Å². The molecule has 1 aromatic carbocycles. The molecule has 19 heavy (non-hydrogen) atoms. The first-order valence-electron chi connectivity index (χ1n) is 6.75. The summed E-state index contributed by atoms with van der Waals surface area (Å²) < 4.78 is 6.93. The Hall–Kier alpha value is -0.940. The SMILES string of the molecule is OCCCNCCOCCc1ccc2sccc2c1. The lowest BCUT2D eigenvalue weighted by molar-refractivity contribution is 0.138. The van der Waals surface area contributed by atoms with E-state index in [1.54, 1.807) is 11.3 Å². The molecule has 0 spiro atoms. The van der Waals surface area contributed by atoms with Gasteiger partial charge in [-0.1, -0.05) is 12.1 Å². The molecule has 4 heteroatoms. The molecule has 0 unspecified atom stereocenters. The van der Waals surface area contributed by atoms with E-state index in [9.17, 15) is 0 Å². The molecule has 2 aromatic rings. The van der Waals surface area contributed by atoms with Gasteiger partial charge in [-0.25, -0.2) is 0 Å². The van der Waals surface area contributed by atoms with Crippen LogP contribution in [0.25, 0.3) is 10.1 Å². The van der Waals surface area contributed by atoms with Gasteiger partial charge in [-0.15, -0.1) is 11.3 Å². The van der Waals surface area contributed by atoms with Gasteiger partial charge in [0.25, 0.3) is 0 Å². The van der Waals surface area contributed by atoms with E-state index in [1.807, 2.05) is 0 Å². The quantitative estimate of drug-likeness (QED) is 0.693. The highest BCUT2D eigenvalue weighted by molar-refractivity contribution is 7.17. The van der Waals surface area contributed by atoms with E-state index in [0.717, 1.165) is 39.1 Å². The van der Waals surface area contributed by atoms with Crippen LogP contribution < -0.4 is 5.32 Å². The zero-order valence-electron chi connectivity index (χ0n) is 11.1. The highest BCUT2D eigenvalue weighted by Crippen LogP contribution is 2.21. The van der Waals surface area contributed by atoms with Gasteiger partial charge in [-0.3, -0.25) is 0 Å². The maximum Gasteiger partial charge on any atom is 0.0591 e. The van der Waals surface area contributed by atoms with E-state index < -0.39 is 0 Å². The third-order valence-corrected chi connectivity index (χ3v) is 3.88. The second-order valence-corrected chi connectivity index (χ2v) is 5.43. The van der Waals surface area contributed by atoms with Crippen molar-refractivity contribution in [3.05, 3.63) is 35.2 Å². The Morgan fingerprint density at radius 1 is 1.16 bits per heavy atom. The van der Waals surface area contributed by atoms with Crippen molar-refractivity contribution >= 4 is 21.4 Å². The molecular weight excluding hydrogens is 258 g/mol. The van der Waals surface area contributed by atoms with Crippen LogP contribution in [0, 0.1) is 0 Å². The lowest BCUT2D eigenvalue weighted by Gasteiger charge is -2.06. The summed E-state index contributed by atoms with van der Waals surface area (Å²) in [5, 5.41) is 15.3. The Kier molecular flexibility index (Phi) is 6.30. The smallest absolute Gasteiger partial charge is 0.0591 e. The Morgan fingerprint density at radius 3 is 3.00 bits per heavy atom. The predicted octanol–water partition coefficient (Wildman–Crippen LogP) is 2.43. The summed E-state index contributed by atoms with van der Waals surface area (Å²) in [6.07, 6.45) is 1.77. The van der Waals surface area contributed by atoms with Crippen LogP contribution in [0.15, 0.2) is 29.6 Å². The summed E-state index contributed by atoms with van der Waals surface area (Å²) in [4.78, 5) is 0. The molecule has 3 nitrogen and oxygen atoms in total. The molecule has 0 bridgehead atoms. The normalized spacial score (nSPS) is 11.2. The van der Waals surface area contributed by atoms with E-state index in [2.05, 4.69) is 35.0 Å². The fourth-order valence-corrected chi connectivity index (χ4v) is 2.71. The summed E-state index contributed by atoms with van der Waals surface area (Å²) in [6, 6.07) is 8.78. The number of nitrogens with one attached hydrogen (secondary N) is 1. The first-order valence-corrected chi connectivity index (χ1v) is 7.63. The largest absolute Gasteiger partial charge is 0.396 e. The van der Waals surface area contributed by atoms with Crippen molar-refractivity contribution < 1.29 is 9.84 Å². The van der Waals surface area contributed by atoms with E-state index >= 15 is 0 Å². The van der Waals surface area contributed by atoms with Crippen molar-refractivity contribution in [2.24, 2.45) is 0 Å². The molecule has 104 valence electrons. The Bertz CT molecular complexity index is 484. The fraction of sp³-hybridized carbons (Fsp3) is 0.467. The predicted molar refractivity (Wildman–Crippen MR) is 80.9 cm³/mol. The van der Waals surface area contributed by atoms with Crippen LogP contribution in [0.4, 0.5) is 0 Å². The average Bonchev–Trinajstić information content (AvgIpc) is 2.89. The Balaban J connectivity index is 1.60. The second-order valence-electron chi connectivity index (χ2n) is 4.48. The number of aliphatic hydroxyl groups is 1. The summed E-state index contributed by atoms with van der Waals surface area (Å²) in [5.41, 5.74) is 1.33. The summed E-state index contributed by atoms with van der Waals surface area (Å²) in [7, 11) is 0. The van der Waals surface area contributed by atoms with E-state index in [-0.39, 0.29) is 6.61 Å². The third kappa shape index (κ3) is 4.91. The molecule has 0 aliphatic rings. The van der Waals surface area contributed by atoms with Gasteiger partial charge in [0.1, 0.15) is 0 Å². The maximum atomic E-state index is 8.62. The number of hydrogen-bond acceptors (Lipinski definition) is 4. The molecule has 0 saturated heterocycles. The number of aliphatic hydroxyl groups excluding tert-OH is 1. The lowest BCUT2D eigenvalue weighted by Crippen LogP contribution is -2.21. The van der Waals surface area contributed by atoms with Crippen molar-refractivity contribution in [2.45, 2.75) is 12.8 Å². The Labute approximate surface area is 118 Å². The molecule has 0 amide bonds. The molecule has 0 aliphatic heterocycles. The highest BCUT2D eigenvalue weighted by atomic mass is 32.1. The monoisotopic (exact) mass is 279 g/mol. The van der Waals surface area contributed by atoms with E-state index in [4.69, 9.17) is 9.84 Å². The van der Waals surface area contributed by atoms with Gasteiger partial charge >= 0.3 is 0 Å². The van der Waals surface area contributed by atoms with Crippen molar-refractivity contribution in [1.82, 2.24) is 5.32 Å². The Morgan fingerprint density at radius 2 is 2.11 bits per heavy atom. The minimum atomic E-state index is 0.249. The minimum Gasteiger partial charge on any atom is -0.396 e. The number of ether oxygens (including phenoxy) is 1. The van der Waals surface area contributed by atoms with Crippen molar-refractivity contribution in [1.29, 1.82) is 0 Å². The molecule has 0 fully saturated rings. The lowest BCUT2D eigenvalue weighted by atomic mass is 10.1. The fourth-order valence-electron chi connectivity index (χ4n) is 1.94. The zero-order valence-corrected chi connectivity index (χ0v) is 11.9. The summed E-state index contributed by atoms with van der Waals surface area (Å²) in [6.45, 7) is 3.45. The molecule has 1 aromatic heterocycles. The molecule has 0 aliphatic carbocycles. The number of rotatable bonds is 9. The summed E-state index contributed by atoms with van der Waals surface area (Å²) >= 11 is 1.78. The van der Waals surface area contributed by atoms with Gasteiger partial charge in [0.15, 0.2) is 0 Å². The number of fused-ring (bicyclic) bond motifs is 1. The zero-order chi connectivity index (χ0) is 13.3. The van der Waals surface area contributed by atoms with Gasteiger partial charge < -0.3 is 15.2 Å². The van der Waals surface area contributed by atoms with E-state index in [0.29, 0.717) is 0 Å². The van der Waals surface area contributed by atoms with Crippen LogP contribution in [0.5, 0.6) is 0 Å². The van der Waals surface area contributed by atoms with Crippen molar-refractivity contribution in [3.8, 4) is 0 Å². The number of hydrogen-bond donors (Lipinski definition) is 2. The average molecular weight is 279 g/mol. The topological polar surface area (TPSA) is 41.5 Å². The maximum absolute atomic E-state index is 8.62. The van der Waals surface area contributed by atoms with Crippen LogP contribution in [0.1, 0.15) is 12.0 Å². The standard InChI is InChI=1S/C15H21NO2S/c17-8-1-6-16-7-10-18-9-4-13-2-3-15-14(12-13)5-11-19-15/h2-3,5,11-12,16-17H,1,4,6-10H2. The molecule has 0 radical (unpaired) electrons. The van der Waals surface area contributed by atoms with Crippen LogP contribution in [-0.2, 0) is 11.2 Å². The van der Waals surface area contributed by atoms with Gasteiger partial charge in [0, 0.05) is 17.9 Å². The van der Waals surface area contributed by atoms with Crippen LogP contribution in [-0.4, -0.2) is 38.0 Å². The highest BCUT2D eigenvalue weighted by Gasteiger charge is 1.98.